The van der Waals surface area contributed by atoms with E-state index in [2.05, 4.69) is 14.8 Å². The fraction of sp³-hybridized carbons (Fsp3) is 0.615. The molecule has 0 aliphatic carbocycles. The van der Waals surface area contributed by atoms with Gasteiger partial charge >= 0.3 is 11.5 Å². The number of hydrogen-bond donors (Lipinski definition) is 0. The maximum atomic E-state index is 11.2. The molecule has 3 heterocycles. The van der Waals surface area contributed by atoms with Gasteiger partial charge in [0.25, 0.3) is 0 Å². The first-order chi connectivity index (χ1) is 9.25. The van der Waals surface area contributed by atoms with Crippen LogP contribution in [0.1, 0.15) is 25.7 Å². The topological polar surface area (TPSA) is 63.8 Å². The van der Waals surface area contributed by atoms with Crippen molar-refractivity contribution in [2.75, 3.05) is 36.0 Å². The molecule has 1 aromatic rings. The molecule has 6 nitrogen and oxygen atoms in total. The van der Waals surface area contributed by atoms with Crippen molar-refractivity contribution in [2.24, 2.45) is 0 Å². The Labute approximate surface area is 112 Å². The standard InChI is InChI=1S/C13H18N4O2/c18-17(19)11-5-6-12(15-7-1-2-8-15)14-13(11)16-9-3-4-10-16/h5-6H,1-4,7-10H2/p+1. The largest absolute Gasteiger partial charge is 0.341 e. The molecular weight excluding hydrogens is 244 g/mol. The van der Waals surface area contributed by atoms with Gasteiger partial charge in [-0.2, -0.15) is 0 Å². The van der Waals surface area contributed by atoms with Crippen molar-refractivity contribution in [3.05, 3.63) is 22.2 Å². The second kappa shape index (κ2) is 5.03. The minimum absolute atomic E-state index is 0.185. The second-order valence-electron chi connectivity index (χ2n) is 5.22. The van der Waals surface area contributed by atoms with Crippen molar-refractivity contribution in [3.63, 3.8) is 0 Å². The maximum Gasteiger partial charge on any atom is 0.341 e. The van der Waals surface area contributed by atoms with Crippen molar-refractivity contribution in [1.29, 1.82) is 0 Å². The van der Waals surface area contributed by atoms with Crippen molar-refractivity contribution >= 4 is 17.3 Å². The normalized spacial score (nSPS) is 19.2. The number of nitrogens with one attached hydrogen (secondary N) is 1. The van der Waals surface area contributed by atoms with Crippen LogP contribution in [0.4, 0.5) is 17.3 Å². The first-order valence-corrected chi connectivity index (χ1v) is 6.96. The Morgan fingerprint density at radius 2 is 1.58 bits per heavy atom. The van der Waals surface area contributed by atoms with Gasteiger partial charge < -0.3 is 0 Å². The van der Waals surface area contributed by atoms with Crippen molar-refractivity contribution in [1.82, 2.24) is 0 Å². The Bertz CT molecular complexity index is 480. The SMILES string of the molecule is O=[N+]([O-])c1ccc(N2CCCC2)[nH+]c1N1CCCC1. The Balaban J connectivity index is 1.96. The molecule has 0 bridgehead atoms. The van der Waals surface area contributed by atoms with Crippen molar-refractivity contribution < 1.29 is 9.91 Å². The number of aromatic amines is 1. The molecule has 2 fully saturated rings. The van der Waals surface area contributed by atoms with E-state index in [4.69, 9.17) is 0 Å². The van der Waals surface area contributed by atoms with Crippen LogP contribution in [0.15, 0.2) is 12.1 Å². The summed E-state index contributed by atoms with van der Waals surface area (Å²) in [6, 6.07) is 3.47. The highest BCUT2D eigenvalue weighted by Crippen LogP contribution is 2.28. The summed E-state index contributed by atoms with van der Waals surface area (Å²) in [6.45, 7) is 3.88. The molecule has 0 amide bonds. The predicted molar refractivity (Wildman–Crippen MR) is 72.5 cm³/mol. The minimum Gasteiger partial charge on any atom is -0.293 e. The number of nitro groups is 1. The third-order valence-corrected chi connectivity index (χ3v) is 3.95. The Kier molecular flexibility index (Phi) is 3.23. The fourth-order valence-electron chi connectivity index (χ4n) is 2.94. The number of rotatable bonds is 3. The van der Waals surface area contributed by atoms with E-state index >= 15 is 0 Å². The number of nitrogens with zero attached hydrogens (tertiary/aromatic N) is 3. The van der Waals surface area contributed by atoms with Gasteiger partial charge in [-0.05, 0) is 25.7 Å². The van der Waals surface area contributed by atoms with Crippen LogP contribution in [-0.2, 0) is 0 Å². The first-order valence-electron chi connectivity index (χ1n) is 6.96. The number of pyridine rings is 1. The van der Waals surface area contributed by atoms with Gasteiger partial charge in [0.15, 0.2) is 0 Å². The summed E-state index contributed by atoms with van der Waals surface area (Å²) >= 11 is 0. The number of anilines is 2. The molecular formula is C13H19N4O2+. The highest BCUT2D eigenvalue weighted by Gasteiger charge is 2.30. The van der Waals surface area contributed by atoms with E-state index < -0.39 is 0 Å². The number of hydrogen-bond acceptors (Lipinski definition) is 4. The molecule has 2 saturated heterocycles. The van der Waals surface area contributed by atoms with Crippen molar-refractivity contribution in [2.45, 2.75) is 25.7 Å². The molecule has 0 unspecified atom stereocenters. The van der Waals surface area contributed by atoms with Crippen LogP contribution in [0.25, 0.3) is 0 Å². The molecule has 0 spiro atoms. The van der Waals surface area contributed by atoms with E-state index in [-0.39, 0.29) is 10.6 Å². The summed E-state index contributed by atoms with van der Waals surface area (Å²) in [5.41, 5.74) is 0.185. The lowest BCUT2D eigenvalue weighted by atomic mass is 10.3. The first kappa shape index (κ1) is 12.2. The van der Waals surface area contributed by atoms with Crippen LogP contribution in [0.5, 0.6) is 0 Å². The van der Waals surface area contributed by atoms with Crippen LogP contribution in [0.2, 0.25) is 0 Å². The quantitative estimate of drug-likeness (QED) is 0.614. The van der Waals surface area contributed by atoms with Crippen LogP contribution in [0.3, 0.4) is 0 Å². The summed E-state index contributed by atoms with van der Waals surface area (Å²) in [5.74, 6) is 1.68. The van der Waals surface area contributed by atoms with Gasteiger partial charge in [0.05, 0.1) is 31.1 Å². The Morgan fingerprint density at radius 3 is 2.16 bits per heavy atom. The minimum atomic E-state index is -0.294. The van der Waals surface area contributed by atoms with Gasteiger partial charge in [0.2, 0.25) is 5.82 Å². The van der Waals surface area contributed by atoms with Gasteiger partial charge in [0, 0.05) is 12.1 Å². The highest BCUT2D eigenvalue weighted by molar-refractivity contribution is 5.57. The van der Waals surface area contributed by atoms with Gasteiger partial charge in [-0.1, -0.05) is 0 Å². The average molecular weight is 263 g/mol. The highest BCUT2D eigenvalue weighted by atomic mass is 16.6. The average Bonchev–Trinajstić information content (AvgIpc) is 3.11. The van der Waals surface area contributed by atoms with E-state index in [9.17, 15) is 10.1 Å². The van der Waals surface area contributed by atoms with Gasteiger partial charge in [-0.15, -0.1) is 0 Å². The second-order valence-corrected chi connectivity index (χ2v) is 5.22. The molecule has 102 valence electrons. The summed E-state index contributed by atoms with van der Waals surface area (Å²) < 4.78 is 0. The molecule has 2 aliphatic rings. The third kappa shape index (κ3) is 2.34. The molecule has 1 N–H and O–H groups in total. The van der Waals surface area contributed by atoms with Gasteiger partial charge in [0.1, 0.15) is 0 Å². The Morgan fingerprint density at radius 1 is 1.00 bits per heavy atom. The molecule has 2 aliphatic heterocycles. The predicted octanol–water partition coefficient (Wildman–Crippen LogP) is 1.61. The zero-order valence-corrected chi connectivity index (χ0v) is 11.0. The molecule has 3 rings (SSSR count). The lowest BCUT2D eigenvalue weighted by Gasteiger charge is -2.15. The molecule has 1 aromatic heterocycles. The molecule has 0 saturated carbocycles. The summed E-state index contributed by atoms with van der Waals surface area (Å²) in [4.78, 5) is 18.5. The molecule has 0 radical (unpaired) electrons. The third-order valence-electron chi connectivity index (χ3n) is 3.95. The van der Waals surface area contributed by atoms with E-state index in [1.807, 2.05) is 6.07 Å². The lowest BCUT2D eigenvalue weighted by molar-refractivity contribution is -0.406. The van der Waals surface area contributed by atoms with Crippen LogP contribution in [0, 0.1) is 10.1 Å². The van der Waals surface area contributed by atoms with E-state index in [1.54, 1.807) is 6.07 Å². The molecule has 0 aromatic carbocycles. The Hall–Kier alpha value is -1.85. The zero-order chi connectivity index (χ0) is 13.2. The van der Waals surface area contributed by atoms with E-state index in [0.29, 0.717) is 5.82 Å². The zero-order valence-electron chi connectivity index (χ0n) is 11.0. The van der Waals surface area contributed by atoms with E-state index in [1.165, 1.54) is 12.8 Å². The van der Waals surface area contributed by atoms with Gasteiger partial charge in [-0.25, -0.2) is 4.98 Å². The van der Waals surface area contributed by atoms with Crippen LogP contribution < -0.4 is 14.8 Å². The number of aromatic nitrogens is 1. The van der Waals surface area contributed by atoms with Crippen LogP contribution >= 0.6 is 0 Å². The smallest absolute Gasteiger partial charge is 0.293 e. The molecule has 6 heteroatoms. The maximum absolute atomic E-state index is 11.2. The summed E-state index contributed by atoms with van der Waals surface area (Å²) in [7, 11) is 0. The molecule has 19 heavy (non-hydrogen) atoms. The van der Waals surface area contributed by atoms with Crippen LogP contribution in [-0.4, -0.2) is 31.1 Å². The fourth-order valence-corrected chi connectivity index (χ4v) is 2.94. The summed E-state index contributed by atoms with van der Waals surface area (Å²) in [5, 5.41) is 11.2. The lowest BCUT2D eigenvalue weighted by Crippen LogP contribution is -2.32. The number of H-pyrrole nitrogens is 1. The van der Waals surface area contributed by atoms with Gasteiger partial charge in [-0.3, -0.25) is 19.9 Å². The van der Waals surface area contributed by atoms with E-state index in [0.717, 1.165) is 44.8 Å². The monoisotopic (exact) mass is 263 g/mol. The van der Waals surface area contributed by atoms with Crippen molar-refractivity contribution in [3.8, 4) is 0 Å². The molecule has 0 atom stereocenters. The summed E-state index contributed by atoms with van der Waals surface area (Å²) in [6.07, 6.45) is 4.62.